The lowest BCUT2D eigenvalue weighted by Gasteiger charge is -2.22. The van der Waals surface area contributed by atoms with E-state index in [1.807, 2.05) is 56.3 Å². The summed E-state index contributed by atoms with van der Waals surface area (Å²) >= 11 is 0. The largest absolute Gasteiger partial charge is 0.491 e. The van der Waals surface area contributed by atoms with Gasteiger partial charge in [0.2, 0.25) is 0 Å². The first-order valence-corrected chi connectivity index (χ1v) is 12.4. The maximum atomic E-state index is 15.9. The lowest BCUT2D eigenvalue weighted by Crippen LogP contribution is -2.17. The zero-order valence-corrected chi connectivity index (χ0v) is 21.1. The highest BCUT2D eigenvalue weighted by Crippen LogP contribution is 2.35. The SMILES string of the molecule is CCOc1cc(CC)cc(C(Nc2ccc3c(N)nccc3c2)c2nc(-c3cccc(C#N)c3)c[nH]2)c1F. The number of aryl methyl sites for hydroxylation is 1. The number of pyridine rings is 1. The number of nitrogens with two attached hydrogens (primary N) is 1. The van der Waals surface area contributed by atoms with Gasteiger partial charge in [-0.2, -0.15) is 5.26 Å². The number of fused-ring (bicyclic) bond motifs is 1. The third-order valence-corrected chi connectivity index (χ3v) is 6.41. The predicted molar refractivity (Wildman–Crippen MR) is 147 cm³/mol. The molecule has 0 aliphatic heterocycles. The summed E-state index contributed by atoms with van der Waals surface area (Å²) in [7, 11) is 0. The van der Waals surface area contributed by atoms with Crippen LogP contribution in [0, 0.1) is 17.1 Å². The number of rotatable bonds is 8. The van der Waals surface area contributed by atoms with Crippen LogP contribution in [0.1, 0.15) is 42.4 Å². The molecule has 0 spiro atoms. The van der Waals surface area contributed by atoms with Gasteiger partial charge in [0.25, 0.3) is 0 Å². The molecule has 8 heteroatoms. The van der Waals surface area contributed by atoms with Gasteiger partial charge < -0.3 is 20.8 Å². The molecular formula is C30H27FN6O. The highest BCUT2D eigenvalue weighted by molar-refractivity contribution is 5.93. The highest BCUT2D eigenvalue weighted by Gasteiger charge is 2.25. The Hall–Kier alpha value is -4.90. The van der Waals surface area contributed by atoms with E-state index in [0.29, 0.717) is 41.5 Å². The molecule has 0 radical (unpaired) electrons. The molecule has 4 N–H and O–H groups in total. The predicted octanol–water partition coefficient (Wildman–Crippen LogP) is 6.38. The molecule has 5 rings (SSSR count). The van der Waals surface area contributed by atoms with Crippen molar-refractivity contribution in [3.8, 4) is 23.1 Å². The molecule has 3 aromatic carbocycles. The average Bonchev–Trinajstić information content (AvgIpc) is 3.43. The number of H-pyrrole nitrogens is 1. The maximum Gasteiger partial charge on any atom is 0.170 e. The van der Waals surface area contributed by atoms with Crippen molar-refractivity contribution >= 4 is 22.3 Å². The minimum Gasteiger partial charge on any atom is -0.491 e. The Morgan fingerprint density at radius 1 is 1.13 bits per heavy atom. The molecule has 2 heterocycles. The summed E-state index contributed by atoms with van der Waals surface area (Å²) in [4.78, 5) is 12.2. The second-order valence-corrected chi connectivity index (χ2v) is 8.86. The Balaban J connectivity index is 1.63. The van der Waals surface area contributed by atoms with Gasteiger partial charge in [0.15, 0.2) is 11.6 Å². The summed E-state index contributed by atoms with van der Waals surface area (Å²) in [6.07, 6.45) is 4.14. The van der Waals surface area contributed by atoms with E-state index >= 15 is 4.39 Å². The van der Waals surface area contributed by atoms with Crippen LogP contribution in [-0.4, -0.2) is 21.6 Å². The van der Waals surface area contributed by atoms with Crippen LogP contribution in [-0.2, 0) is 6.42 Å². The zero-order valence-electron chi connectivity index (χ0n) is 21.1. The molecule has 1 atom stereocenters. The second-order valence-electron chi connectivity index (χ2n) is 8.86. The number of benzene rings is 3. The normalized spacial score (nSPS) is 11.7. The first-order chi connectivity index (χ1) is 18.5. The van der Waals surface area contributed by atoms with E-state index in [4.69, 9.17) is 15.5 Å². The molecule has 38 heavy (non-hydrogen) atoms. The molecule has 1 unspecified atom stereocenters. The van der Waals surface area contributed by atoms with E-state index in [2.05, 4.69) is 21.4 Å². The number of aromatic amines is 1. The van der Waals surface area contributed by atoms with E-state index < -0.39 is 11.9 Å². The van der Waals surface area contributed by atoms with E-state index in [9.17, 15) is 5.26 Å². The van der Waals surface area contributed by atoms with Crippen LogP contribution in [0.4, 0.5) is 15.9 Å². The topological polar surface area (TPSA) is 113 Å². The number of aromatic nitrogens is 3. The quantitative estimate of drug-likeness (QED) is 0.225. The molecule has 0 amide bonds. The van der Waals surface area contributed by atoms with Gasteiger partial charge in [-0.3, -0.25) is 0 Å². The van der Waals surface area contributed by atoms with Crippen LogP contribution >= 0.6 is 0 Å². The second kappa shape index (κ2) is 10.6. The molecule has 0 fully saturated rings. The van der Waals surface area contributed by atoms with Gasteiger partial charge in [-0.15, -0.1) is 0 Å². The van der Waals surface area contributed by atoms with E-state index in [0.717, 1.165) is 27.6 Å². The zero-order chi connectivity index (χ0) is 26.6. The summed E-state index contributed by atoms with van der Waals surface area (Å²) in [5, 5.41) is 14.5. The van der Waals surface area contributed by atoms with Crippen molar-refractivity contribution in [2.24, 2.45) is 0 Å². The Morgan fingerprint density at radius 3 is 2.79 bits per heavy atom. The van der Waals surface area contributed by atoms with Crippen LogP contribution < -0.4 is 15.8 Å². The third kappa shape index (κ3) is 4.87. The van der Waals surface area contributed by atoms with Gasteiger partial charge in [0, 0.05) is 34.6 Å². The maximum absolute atomic E-state index is 15.9. The molecular weight excluding hydrogens is 479 g/mol. The highest BCUT2D eigenvalue weighted by atomic mass is 19.1. The van der Waals surface area contributed by atoms with E-state index in [-0.39, 0.29) is 5.75 Å². The molecule has 0 aliphatic rings. The number of nitrogen functional groups attached to an aromatic ring is 1. The number of nitrogens with one attached hydrogen (secondary N) is 2. The number of nitriles is 1. The molecule has 0 saturated heterocycles. The van der Waals surface area contributed by atoms with Gasteiger partial charge in [-0.05, 0) is 66.8 Å². The minimum absolute atomic E-state index is 0.208. The Labute approximate surface area is 220 Å². The number of hydrogen-bond donors (Lipinski definition) is 3. The molecule has 190 valence electrons. The molecule has 7 nitrogen and oxygen atoms in total. The molecule has 0 saturated carbocycles. The summed E-state index contributed by atoms with van der Waals surface area (Å²) in [6.45, 7) is 4.20. The summed E-state index contributed by atoms with van der Waals surface area (Å²) < 4.78 is 21.5. The molecule has 5 aromatic rings. The fraction of sp³-hybridized carbons (Fsp3) is 0.167. The minimum atomic E-state index is -0.662. The van der Waals surface area contributed by atoms with Crippen molar-refractivity contribution in [1.82, 2.24) is 15.0 Å². The fourth-order valence-corrected chi connectivity index (χ4v) is 4.49. The van der Waals surface area contributed by atoms with Crippen LogP contribution in [0.5, 0.6) is 5.75 Å². The Kier molecular flexibility index (Phi) is 6.92. The van der Waals surface area contributed by atoms with Crippen LogP contribution in [0.2, 0.25) is 0 Å². The first-order valence-electron chi connectivity index (χ1n) is 12.4. The molecule has 0 aliphatic carbocycles. The number of hydrogen-bond acceptors (Lipinski definition) is 6. The van der Waals surface area contributed by atoms with Gasteiger partial charge in [-0.1, -0.05) is 25.1 Å². The number of imidazole rings is 1. The standard InChI is InChI=1S/C30H27FN6O/c1-3-18-13-24(27(31)26(14-18)38-4-2)28(36-22-8-9-23-20(15-22)10-11-34-29(23)33)30-35-17-25(37-30)21-7-5-6-19(12-21)16-32/h5-15,17,28,36H,3-4H2,1-2H3,(H2,33,34)(H,35,37). The van der Waals surface area contributed by atoms with Crippen molar-refractivity contribution < 1.29 is 9.13 Å². The first kappa shape index (κ1) is 24.8. The Bertz CT molecular complexity index is 1650. The monoisotopic (exact) mass is 506 g/mol. The van der Waals surface area contributed by atoms with Crippen molar-refractivity contribution in [3.05, 3.63) is 101 Å². The lowest BCUT2D eigenvalue weighted by molar-refractivity contribution is 0.319. The third-order valence-electron chi connectivity index (χ3n) is 6.41. The lowest BCUT2D eigenvalue weighted by atomic mass is 9.99. The van der Waals surface area contributed by atoms with Crippen LogP contribution in [0.15, 0.2) is 73.1 Å². The van der Waals surface area contributed by atoms with Crippen LogP contribution in [0.3, 0.4) is 0 Å². The van der Waals surface area contributed by atoms with Crippen molar-refractivity contribution in [2.45, 2.75) is 26.3 Å². The van der Waals surface area contributed by atoms with Gasteiger partial charge in [0.05, 0.1) is 23.9 Å². The van der Waals surface area contributed by atoms with Gasteiger partial charge >= 0.3 is 0 Å². The molecule has 2 aromatic heterocycles. The summed E-state index contributed by atoms with van der Waals surface area (Å²) in [5.41, 5.74) is 10.1. The number of halogens is 1. The molecule has 0 bridgehead atoms. The van der Waals surface area contributed by atoms with Gasteiger partial charge in [-0.25, -0.2) is 14.4 Å². The average molecular weight is 507 g/mol. The van der Waals surface area contributed by atoms with Crippen molar-refractivity contribution in [3.63, 3.8) is 0 Å². The van der Waals surface area contributed by atoms with E-state index in [1.165, 1.54) is 0 Å². The number of ether oxygens (including phenoxy) is 1. The van der Waals surface area contributed by atoms with Crippen molar-refractivity contribution in [1.29, 1.82) is 5.26 Å². The summed E-state index contributed by atoms with van der Waals surface area (Å²) in [5.74, 6) is 0.731. The van der Waals surface area contributed by atoms with Gasteiger partial charge in [0.1, 0.15) is 17.7 Å². The number of nitrogens with zero attached hydrogens (tertiary/aromatic N) is 3. The Morgan fingerprint density at radius 2 is 2.00 bits per heavy atom. The smallest absolute Gasteiger partial charge is 0.170 e. The number of anilines is 2. The van der Waals surface area contributed by atoms with E-state index in [1.54, 1.807) is 30.6 Å². The fourth-order valence-electron chi connectivity index (χ4n) is 4.49. The summed E-state index contributed by atoms with van der Waals surface area (Å²) in [6, 6.07) is 19.9. The van der Waals surface area contributed by atoms with Crippen molar-refractivity contribution in [2.75, 3.05) is 17.7 Å². The van der Waals surface area contributed by atoms with Crippen LogP contribution in [0.25, 0.3) is 22.0 Å².